The van der Waals surface area contributed by atoms with Gasteiger partial charge in [0.1, 0.15) is 5.40 Å². The number of fused-ring (bicyclic) bond motifs is 5. The van der Waals surface area contributed by atoms with Gasteiger partial charge in [-0.3, -0.25) is 0 Å². The van der Waals surface area contributed by atoms with Crippen molar-refractivity contribution in [3.05, 3.63) is 0 Å². The molecule has 0 heterocycles. The summed E-state index contributed by atoms with van der Waals surface area (Å²) >= 11 is 1.58. The zero-order valence-electron chi connectivity index (χ0n) is 21.3. The molecule has 0 aromatic heterocycles. The molecule has 10 atom stereocenters. The van der Waals surface area contributed by atoms with Gasteiger partial charge in [-0.05, 0) is 121 Å². The van der Waals surface area contributed by atoms with Crippen molar-refractivity contribution in [2.75, 3.05) is 0 Å². The highest BCUT2D eigenvalue weighted by Crippen LogP contribution is 2.69. The van der Waals surface area contributed by atoms with Gasteiger partial charge in [-0.1, -0.05) is 60.8 Å². The van der Waals surface area contributed by atoms with Gasteiger partial charge < -0.3 is 0 Å². The van der Waals surface area contributed by atoms with Crippen LogP contribution >= 0.6 is 11.8 Å². The Labute approximate surface area is 197 Å². The van der Waals surface area contributed by atoms with E-state index in [-0.39, 0.29) is 0 Å². The fourth-order valence-corrected chi connectivity index (χ4v) is 10.6. The van der Waals surface area contributed by atoms with Gasteiger partial charge in [0.15, 0.2) is 0 Å². The molecule has 4 saturated carbocycles. The average molecular weight is 444 g/mol. The third kappa shape index (κ3) is 4.24. The molecule has 176 valence electrons. The van der Waals surface area contributed by atoms with Crippen molar-refractivity contribution in [3.8, 4) is 5.40 Å². The molecule has 0 aromatic carbocycles. The predicted molar refractivity (Wildman–Crippen MR) is 135 cm³/mol. The van der Waals surface area contributed by atoms with Crippen molar-refractivity contribution < 1.29 is 0 Å². The van der Waals surface area contributed by atoms with Crippen molar-refractivity contribution in [1.82, 2.24) is 0 Å². The topological polar surface area (TPSA) is 23.8 Å². The summed E-state index contributed by atoms with van der Waals surface area (Å²) < 4.78 is 0. The number of rotatable bonds is 6. The van der Waals surface area contributed by atoms with Crippen molar-refractivity contribution >= 4 is 11.8 Å². The predicted octanol–water partition coefficient (Wildman–Crippen LogP) is 8.94. The highest BCUT2D eigenvalue weighted by molar-refractivity contribution is 8.04. The molecule has 0 radical (unpaired) electrons. The first-order chi connectivity index (χ1) is 14.7. The molecule has 0 saturated heterocycles. The summed E-state index contributed by atoms with van der Waals surface area (Å²) in [5, 5.41) is 12.3. The summed E-state index contributed by atoms with van der Waals surface area (Å²) in [6, 6.07) is 0. The SMILES string of the molecule is CC(C)CCC[C@@H](C)[C@H]1CC[C@H]2[C@@H]3CC[C@H]4C[C@@H](SC#N)[C@H](C)C[C@]4(C)[C@H]3CC[C@]12C. The molecule has 0 N–H and O–H groups in total. The van der Waals surface area contributed by atoms with Crippen LogP contribution in [0.5, 0.6) is 0 Å². The first-order valence-electron chi connectivity index (χ1n) is 13.8. The number of hydrogen-bond acceptors (Lipinski definition) is 2. The second-order valence-corrected chi connectivity index (χ2v) is 14.4. The molecule has 4 aliphatic rings. The lowest BCUT2D eigenvalue weighted by atomic mass is 9.44. The van der Waals surface area contributed by atoms with Crippen LogP contribution in [0.1, 0.15) is 112 Å². The van der Waals surface area contributed by atoms with Crippen LogP contribution in [0.2, 0.25) is 0 Å². The smallest absolute Gasteiger partial charge is 0.133 e. The first-order valence-corrected chi connectivity index (χ1v) is 14.6. The second-order valence-electron chi connectivity index (χ2n) is 13.4. The van der Waals surface area contributed by atoms with Crippen molar-refractivity contribution in [2.24, 2.45) is 58.2 Å². The molecular weight excluding hydrogens is 394 g/mol. The number of nitriles is 1. The zero-order chi connectivity index (χ0) is 22.4. The van der Waals surface area contributed by atoms with E-state index in [2.05, 4.69) is 46.9 Å². The quantitative estimate of drug-likeness (QED) is 0.382. The van der Waals surface area contributed by atoms with E-state index in [1.54, 1.807) is 11.8 Å². The van der Waals surface area contributed by atoms with E-state index in [4.69, 9.17) is 0 Å². The van der Waals surface area contributed by atoms with Gasteiger partial charge in [0.25, 0.3) is 0 Å². The second kappa shape index (κ2) is 9.24. The summed E-state index contributed by atoms with van der Waals surface area (Å²) in [5.41, 5.74) is 1.15. The molecule has 0 spiro atoms. The van der Waals surface area contributed by atoms with Crippen LogP contribution in [0.3, 0.4) is 0 Å². The minimum Gasteiger partial charge on any atom is -0.185 e. The van der Waals surface area contributed by atoms with Crippen LogP contribution in [0, 0.1) is 68.8 Å². The van der Waals surface area contributed by atoms with Gasteiger partial charge in [0, 0.05) is 5.25 Å². The van der Waals surface area contributed by atoms with E-state index in [1.807, 2.05) is 0 Å². The van der Waals surface area contributed by atoms with Gasteiger partial charge in [0.2, 0.25) is 0 Å². The van der Waals surface area contributed by atoms with Crippen LogP contribution in [-0.4, -0.2) is 5.25 Å². The van der Waals surface area contributed by atoms with Crippen LogP contribution in [0.25, 0.3) is 0 Å². The third-order valence-electron chi connectivity index (χ3n) is 11.4. The molecule has 4 fully saturated rings. The van der Waals surface area contributed by atoms with Gasteiger partial charge in [0.05, 0.1) is 0 Å². The lowest BCUT2D eigenvalue weighted by molar-refractivity contribution is -0.120. The van der Waals surface area contributed by atoms with Crippen LogP contribution < -0.4 is 0 Å². The fourth-order valence-electron chi connectivity index (χ4n) is 9.83. The molecule has 31 heavy (non-hydrogen) atoms. The molecule has 0 aliphatic heterocycles. The highest BCUT2D eigenvalue weighted by Gasteiger charge is 2.61. The molecule has 4 rings (SSSR count). The first kappa shape index (κ1) is 24.0. The number of hydrogen-bond donors (Lipinski definition) is 0. The lowest BCUT2D eigenvalue weighted by Crippen LogP contribution is -2.55. The average Bonchev–Trinajstić information content (AvgIpc) is 3.06. The summed E-state index contributed by atoms with van der Waals surface area (Å²) in [5.74, 6) is 7.24. The van der Waals surface area contributed by atoms with E-state index in [0.29, 0.717) is 22.0 Å². The minimum absolute atomic E-state index is 0.539. The van der Waals surface area contributed by atoms with Crippen LogP contribution in [0.4, 0.5) is 0 Å². The monoisotopic (exact) mass is 443 g/mol. The Kier molecular flexibility index (Phi) is 7.14. The van der Waals surface area contributed by atoms with E-state index >= 15 is 0 Å². The number of thiocyanates is 1. The molecule has 0 bridgehead atoms. The summed E-state index contributed by atoms with van der Waals surface area (Å²) in [6.45, 7) is 15.2. The van der Waals surface area contributed by atoms with E-state index < -0.39 is 0 Å². The molecule has 4 aliphatic carbocycles. The Hall–Kier alpha value is -0.160. The van der Waals surface area contributed by atoms with Gasteiger partial charge in [-0.25, -0.2) is 0 Å². The third-order valence-corrected chi connectivity index (χ3v) is 12.4. The van der Waals surface area contributed by atoms with E-state index in [1.165, 1.54) is 70.6 Å². The number of nitrogens with zero attached hydrogens (tertiary/aromatic N) is 1. The molecule has 1 nitrogen and oxygen atoms in total. The largest absolute Gasteiger partial charge is 0.185 e. The van der Waals surface area contributed by atoms with Crippen molar-refractivity contribution in [1.29, 1.82) is 5.26 Å². The molecule has 0 unspecified atom stereocenters. The van der Waals surface area contributed by atoms with E-state index in [9.17, 15) is 5.26 Å². The summed E-state index contributed by atoms with van der Waals surface area (Å²) in [4.78, 5) is 0. The van der Waals surface area contributed by atoms with Crippen LogP contribution in [-0.2, 0) is 0 Å². The van der Waals surface area contributed by atoms with Gasteiger partial charge >= 0.3 is 0 Å². The maximum Gasteiger partial charge on any atom is 0.133 e. The minimum atomic E-state index is 0.539. The Balaban J connectivity index is 1.47. The zero-order valence-corrected chi connectivity index (χ0v) is 22.1. The Bertz CT molecular complexity index is 666. The molecule has 0 amide bonds. The van der Waals surface area contributed by atoms with Gasteiger partial charge in [-0.15, -0.1) is 0 Å². The lowest BCUT2D eigenvalue weighted by Gasteiger charge is -2.62. The normalized spacial score (nSPS) is 47.9. The van der Waals surface area contributed by atoms with E-state index in [0.717, 1.165) is 41.4 Å². The van der Waals surface area contributed by atoms with Gasteiger partial charge in [-0.2, -0.15) is 5.26 Å². The number of thioether (sulfide) groups is 1. The van der Waals surface area contributed by atoms with Crippen molar-refractivity contribution in [3.63, 3.8) is 0 Å². The van der Waals surface area contributed by atoms with Crippen LogP contribution in [0.15, 0.2) is 0 Å². The maximum absolute atomic E-state index is 9.28. The fraction of sp³-hybridized carbons (Fsp3) is 0.966. The maximum atomic E-state index is 9.28. The Morgan fingerprint density at radius 3 is 2.42 bits per heavy atom. The Morgan fingerprint density at radius 1 is 0.968 bits per heavy atom. The molecule has 0 aromatic rings. The standard InChI is InChI=1S/C29H49NS/c1-19(2)8-7-9-20(3)24-12-13-25-23-11-10-22-16-27(31-18-30)21(4)17-29(22,6)26(23)14-15-28(24,25)5/h19-27H,7-17H2,1-6H3/t20-,21-,22+,23+,24-,25+,26+,27-,28-,29+/m1/s1. The Morgan fingerprint density at radius 2 is 1.71 bits per heavy atom. The molecule has 2 heteroatoms. The van der Waals surface area contributed by atoms with Crippen molar-refractivity contribution in [2.45, 2.75) is 117 Å². The molecular formula is C29H49NS. The summed E-state index contributed by atoms with van der Waals surface area (Å²) in [7, 11) is 0. The highest BCUT2D eigenvalue weighted by atomic mass is 32.2. The summed E-state index contributed by atoms with van der Waals surface area (Å²) in [6.07, 6.45) is 15.9.